The molecule has 0 unspecified atom stereocenters. The molecule has 1 heterocycles. The molecule has 21 heavy (non-hydrogen) atoms. The summed E-state index contributed by atoms with van der Waals surface area (Å²) in [5.41, 5.74) is 1.87. The molecule has 0 spiro atoms. The molecule has 0 amide bonds. The number of methoxy groups -OCH3 is 1. The summed E-state index contributed by atoms with van der Waals surface area (Å²) in [6, 6.07) is 5.61. The van der Waals surface area contributed by atoms with Gasteiger partial charge in [-0.1, -0.05) is 13.0 Å². The molecule has 1 fully saturated rings. The molecule has 1 aromatic carbocycles. The number of benzene rings is 1. The molecule has 1 aromatic heterocycles. The Morgan fingerprint density at radius 2 is 2.24 bits per heavy atom. The van der Waals surface area contributed by atoms with Crippen molar-refractivity contribution in [3.63, 3.8) is 0 Å². The molecule has 3 rings (SSSR count). The van der Waals surface area contributed by atoms with E-state index in [1.165, 1.54) is 0 Å². The molecule has 1 N–H and O–H groups in total. The van der Waals surface area contributed by atoms with Crippen LogP contribution in [0.1, 0.15) is 48.4 Å². The van der Waals surface area contributed by atoms with Crippen LogP contribution in [0.5, 0.6) is 0 Å². The summed E-state index contributed by atoms with van der Waals surface area (Å²) >= 11 is 0. The van der Waals surface area contributed by atoms with Crippen LogP contribution in [0, 0.1) is 0 Å². The largest absolute Gasteiger partial charge is 0.478 e. The number of carbonyl (C=O) groups is 1. The highest BCUT2D eigenvalue weighted by Crippen LogP contribution is 2.38. The SMILES string of the molecule is CCCc1nc2cccc(C(=O)O)c2n1C1CC(OC)C1. The number of nitrogens with zero attached hydrogens (tertiary/aromatic N) is 2. The van der Waals surface area contributed by atoms with Crippen LogP contribution in [0.25, 0.3) is 11.0 Å². The van der Waals surface area contributed by atoms with Crippen LogP contribution in [-0.4, -0.2) is 33.8 Å². The number of hydrogen-bond donors (Lipinski definition) is 1. The molecule has 1 saturated carbocycles. The molecular weight excluding hydrogens is 268 g/mol. The van der Waals surface area contributed by atoms with Gasteiger partial charge >= 0.3 is 5.97 Å². The van der Waals surface area contributed by atoms with E-state index in [4.69, 9.17) is 4.74 Å². The van der Waals surface area contributed by atoms with Crippen molar-refractivity contribution < 1.29 is 14.6 Å². The summed E-state index contributed by atoms with van der Waals surface area (Å²) in [6.07, 6.45) is 3.98. The fourth-order valence-corrected chi connectivity index (χ4v) is 3.10. The summed E-state index contributed by atoms with van der Waals surface area (Å²) < 4.78 is 7.49. The van der Waals surface area contributed by atoms with E-state index in [1.54, 1.807) is 19.2 Å². The van der Waals surface area contributed by atoms with Crippen LogP contribution in [0.4, 0.5) is 0 Å². The van der Waals surface area contributed by atoms with Gasteiger partial charge in [0.1, 0.15) is 5.82 Å². The smallest absolute Gasteiger partial charge is 0.337 e. The highest BCUT2D eigenvalue weighted by Gasteiger charge is 2.33. The van der Waals surface area contributed by atoms with Gasteiger partial charge in [0, 0.05) is 19.6 Å². The quantitative estimate of drug-likeness (QED) is 0.918. The van der Waals surface area contributed by atoms with Crippen LogP contribution < -0.4 is 0 Å². The fraction of sp³-hybridized carbons (Fsp3) is 0.500. The molecule has 1 aliphatic rings. The van der Waals surface area contributed by atoms with Crippen molar-refractivity contribution in [2.45, 2.75) is 44.8 Å². The lowest BCUT2D eigenvalue weighted by atomic mass is 9.88. The van der Waals surface area contributed by atoms with Gasteiger partial charge in [-0.05, 0) is 31.4 Å². The van der Waals surface area contributed by atoms with Crippen molar-refractivity contribution in [2.75, 3.05) is 7.11 Å². The Bertz CT molecular complexity index is 671. The molecule has 112 valence electrons. The second kappa shape index (κ2) is 5.48. The van der Waals surface area contributed by atoms with Gasteiger partial charge in [0.15, 0.2) is 0 Å². The zero-order chi connectivity index (χ0) is 15.0. The van der Waals surface area contributed by atoms with Gasteiger partial charge < -0.3 is 14.4 Å². The van der Waals surface area contributed by atoms with E-state index < -0.39 is 5.97 Å². The zero-order valence-corrected chi connectivity index (χ0v) is 12.4. The third-order valence-electron chi connectivity index (χ3n) is 4.26. The highest BCUT2D eigenvalue weighted by molar-refractivity contribution is 6.01. The van der Waals surface area contributed by atoms with Crippen molar-refractivity contribution >= 4 is 17.0 Å². The highest BCUT2D eigenvalue weighted by atomic mass is 16.5. The van der Waals surface area contributed by atoms with Gasteiger partial charge in [-0.25, -0.2) is 9.78 Å². The third kappa shape index (κ3) is 2.31. The van der Waals surface area contributed by atoms with Crippen LogP contribution in [0.2, 0.25) is 0 Å². The number of imidazole rings is 1. The van der Waals surface area contributed by atoms with Gasteiger partial charge in [-0.15, -0.1) is 0 Å². The Balaban J connectivity index is 2.13. The first-order chi connectivity index (χ1) is 10.2. The van der Waals surface area contributed by atoms with Crippen LogP contribution >= 0.6 is 0 Å². The van der Waals surface area contributed by atoms with Gasteiger partial charge in [-0.2, -0.15) is 0 Å². The standard InChI is InChI=1S/C16H20N2O3/c1-3-5-14-17-13-7-4-6-12(16(19)20)15(13)18(14)10-8-11(9-10)21-2/h4,6-7,10-11H,3,5,8-9H2,1-2H3,(H,19,20). The molecule has 0 bridgehead atoms. The van der Waals surface area contributed by atoms with Gasteiger partial charge in [0.05, 0.1) is 22.7 Å². The monoisotopic (exact) mass is 288 g/mol. The van der Waals surface area contributed by atoms with E-state index in [1.807, 2.05) is 6.07 Å². The lowest BCUT2D eigenvalue weighted by molar-refractivity contribution is 0.00655. The molecule has 5 heteroatoms. The Labute approximate surface area is 123 Å². The van der Waals surface area contributed by atoms with Crippen molar-refractivity contribution in [3.05, 3.63) is 29.6 Å². The van der Waals surface area contributed by atoms with Gasteiger partial charge in [-0.3, -0.25) is 0 Å². The van der Waals surface area contributed by atoms with Gasteiger partial charge in [0.25, 0.3) is 0 Å². The lowest BCUT2D eigenvalue weighted by Crippen LogP contribution is -2.33. The number of aryl methyl sites for hydroxylation is 1. The van der Waals surface area contributed by atoms with E-state index in [-0.39, 0.29) is 6.10 Å². The topological polar surface area (TPSA) is 64.3 Å². The minimum Gasteiger partial charge on any atom is -0.478 e. The number of carboxylic acid groups (broad SMARTS) is 1. The number of aromatic carboxylic acids is 1. The minimum absolute atomic E-state index is 0.277. The number of carboxylic acids is 1. The normalized spacial score (nSPS) is 21.4. The van der Waals surface area contributed by atoms with Crippen LogP contribution in [-0.2, 0) is 11.2 Å². The third-order valence-corrected chi connectivity index (χ3v) is 4.26. The summed E-state index contributed by atoms with van der Waals surface area (Å²) in [7, 11) is 1.72. The maximum Gasteiger partial charge on any atom is 0.337 e. The first kappa shape index (κ1) is 14.1. The first-order valence-corrected chi connectivity index (χ1v) is 7.41. The van der Waals surface area contributed by atoms with Crippen molar-refractivity contribution in [1.82, 2.24) is 9.55 Å². The average molecular weight is 288 g/mol. The Morgan fingerprint density at radius 3 is 2.86 bits per heavy atom. The van der Waals surface area contributed by atoms with E-state index >= 15 is 0 Å². The zero-order valence-electron chi connectivity index (χ0n) is 12.4. The minimum atomic E-state index is -0.896. The summed E-state index contributed by atoms with van der Waals surface area (Å²) in [6.45, 7) is 2.11. The number of ether oxygens (including phenoxy) is 1. The predicted molar refractivity (Wildman–Crippen MR) is 79.8 cm³/mol. The molecule has 2 aromatic rings. The molecule has 0 atom stereocenters. The number of aromatic nitrogens is 2. The summed E-state index contributed by atoms with van der Waals surface area (Å²) in [5.74, 6) is 0.0909. The maximum absolute atomic E-state index is 11.5. The first-order valence-electron chi connectivity index (χ1n) is 7.41. The molecule has 0 radical (unpaired) electrons. The molecular formula is C16H20N2O3. The van der Waals surface area contributed by atoms with Gasteiger partial charge in [0.2, 0.25) is 0 Å². The summed E-state index contributed by atoms with van der Waals surface area (Å²) in [4.78, 5) is 16.2. The lowest BCUT2D eigenvalue weighted by Gasteiger charge is -2.36. The average Bonchev–Trinajstić information content (AvgIpc) is 2.76. The number of rotatable bonds is 5. The second-order valence-corrected chi connectivity index (χ2v) is 5.61. The van der Waals surface area contributed by atoms with Crippen LogP contribution in [0.3, 0.4) is 0 Å². The van der Waals surface area contributed by atoms with E-state index in [0.29, 0.717) is 11.6 Å². The molecule has 0 saturated heterocycles. The summed E-state index contributed by atoms with van der Waals surface area (Å²) in [5, 5.41) is 9.45. The van der Waals surface area contributed by atoms with Crippen molar-refractivity contribution in [2.24, 2.45) is 0 Å². The fourth-order valence-electron chi connectivity index (χ4n) is 3.10. The van der Waals surface area contributed by atoms with E-state index in [9.17, 15) is 9.90 Å². The Hall–Kier alpha value is -1.88. The molecule has 0 aliphatic heterocycles. The van der Waals surface area contributed by atoms with E-state index in [0.717, 1.165) is 42.5 Å². The number of fused-ring (bicyclic) bond motifs is 1. The Morgan fingerprint density at radius 1 is 1.48 bits per heavy atom. The van der Waals surface area contributed by atoms with Crippen molar-refractivity contribution in [3.8, 4) is 0 Å². The predicted octanol–water partition coefficient (Wildman–Crippen LogP) is 3.04. The number of hydrogen-bond acceptors (Lipinski definition) is 3. The second-order valence-electron chi connectivity index (χ2n) is 5.61. The molecule has 1 aliphatic carbocycles. The maximum atomic E-state index is 11.5. The van der Waals surface area contributed by atoms with E-state index in [2.05, 4.69) is 16.5 Å². The van der Waals surface area contributed by atoms with Crippen LogP contribution in [0.15, 0.2) is 18.2 Å². The number of para-hydroxylation sites is 1. The molecule has 5 nitrogen and oxygen atoms in total. The Kier molecular flexibility index (Phi) is 3.68. The van der Waals surface area contributed by atoms with Crippen molar-refractivity contribution in [1.29, 1.82) is 0 Å².